The molecule has 0 amide bonds. The Morgan fingerprint density at radius 3 is 2.37 bits per heavy atom. The molecule has 0 radical (unpaired) electrons. The fraction of sp³-hybridized carbons (Fsp3) is 0.286. The molecule has 1 N–H and O–H groups in total. The van der Waals surface area contributed by atoms with Crippen LogP contribution in [0.3, 0.4) is 0 Å². The van der Waals surface area contributed by atoms with Crippen LogP contribution in [0, 0.1) is 0 Å². The van der Waals surface area contributed by atoms with Crippen LogP contribution in [0.2, 0.25) is 5.02 Å². The van der Waals surface area contributed by atoms with E-state index in [2.05, 4.69) is 5.32 Å². The van der Waals surface area contributed by atoms with Crippen molar-refractivity contribution in [1.29, 1.82) is 0 Å². The van der Waals surface area contributed by atoms with E-state index in [0.29, 0.717) is 5.02 Å². The molecule has 4 rings (SSSR count). The summed E-state index contributed by atoms with van der Waals surface area (Å²) in [4.78, 5) is 0. The Balaban J connectivity index is 1.90. The second-order valence-electron chi connectivity index (χ2n) is 6.55. The number of anilines is 1. The van der Waals surface area contributed by atoms with Crippen LogP contribution in [-0.2, 0) is 6.42 Å². The van der Waals surface area contributed by atoms with Crippen molar-refractivity contribution in [1.82, 2.24) is 9.78 Å². The lowest BCUT2D eigenvalue weighted by atomic mass is 10.0. The van der Waals surface area contributed by atoms with E-state index >= 15 is 0 Å². The standard InChI is InChI=1S/C21H22ClN3O2/c1-26-17-11-14(12-18(13-17)27-2)20-19-5-3-4-10-23-21(19)25(24-20)16-8-6-15(22)7-9-16/h6-9,11-13,23H,3-5,10H2,1-2H3. The van der Waals surface area contributed by atoms with Gasteiger partial charge >= 0.3 is 0 Å². The summed E-state index contributed by atoms with van der Waals surface area (Å²) in [5.74, 6) is 2.55. The summed E-state index contributed by atoms with van der Waals surface area (Å²) < 4.78 is 12.9. The number of aromatic nitrogens is 2. The van der Waals surface area contributed by atoms with Crippen molar-refractivity contribution in [2.24, 2.45) is 0 Å². The van der Waals surface area contributed by atoms with E-state index in [9.17, 15) is 0 Å². The van der Waals surface area contributed by atoms with E-state index < -0.39 is 0 Å². The average Bonchev–Trinajstić information content (AvgIpc) is 2.89. The summed E-state index contributed by atoms with van der Waals surface area (Å²) >= 11 is 6.06. The van der Waals surface area contributed by atoms with Crippen molar-refractivity contribution < 1.29 is 9.47 Å². The first-order valence-corrected chi connectivity index (χ1v) is 9.42. The second-order valence-corrected chi connectivity index (χ2v) is 6.99. The number of methoxy groups -OCH3 is 2. The Morgan fingerprint density at radius 2 is 1.70 bits per heavy atom. The summed E-state index contributed by atoms with van der Waals surface area (Å²) in [6.45, 7) is 0.938. The zero-order valence-electron chi connectivity index (χ0n) is 15.5. The van der Waals surface area contributed by atoms with Gasteiger partial charge in [-0.3, -0.25) is 0 Å². The highest BCUT2D eigenvalue weighted by Gasteiger charge is 2.22. The first-order valence-electron chi connectivity index (χ1n) is 9.05. The van der Waals surface area contributed by atoms with E-state index in [1.165, 1.54) is 5.56 Å². The third kappa shape index (κ3) is 3.47. The molecule has 0 aliphatic carbocycles. The van der Waals surface area contributed by atoms with Gasteiger partial charge in [0.05, 0.1) is 25.6 Å². The van der Waals surface area contributed by atoms with Gasteiger partial charge in [0.25, 0.3) is 0 Å². The molecule has 140 valence electrons. The van der Waals surface area contributed by atoms with E-state index in [1.54, 1.807) is 14.2 Å². The molecule has 0 unspecified atom stereocenters. The van der Waals surface area contributed by atoms with Gasteiger partial charge in [0, 0.05) is 28.8 Å². The molecule has 1 aliphatic heterocycles. The lowest BCUT2D eigenvalue weighted by molar-refractivity contribution is 0.394. The fourth-order valence-corrected chi connectivity index (χ4v) is 3.57. The first-order chi connectivity index (χ1) is 13.2. The SMILES string of the molecule is COc1cc(OC)cc(-c2nn(-c3ccc(Cl)cc3)c3c2CCCCN3)c1. The van der Waals surface area contributed by atoms with Gasteiger partial charge < -0.3 is 14.8 Å². The van der Waals surface area contributed by atoms with Gasteiger partial charge in [-0.25, -0.2) is 4.68 Å². The van der Waals surface area contributed by atoms with Crippen molar-refractivity contribution in [3.8, 4) is 28.4 Å². The minimum atomic E-state index is 0.711. The van der Waals surface area contributed by atoms with Crippen molar-refractivity contribution >= 4 is 17.4 Å². The Kier molecular flexibility index (Phi) is 4.94. The summed E-state index contributed by atoms with van der Waals surface area (Å²) in [6.07, 6.45) is 3.24. The molecule has 0 fully saturated rings. The van der Waals surface area contributed by atoms with E-state index in [-0.39, 0.29) is 0 Å². The quantitative estimate of drug-likeness (QED) is 0.691. The zero-order chi connectivity index (χ0) is 18.8. The van der Waals surface area contributed by atoms with Crippen molar-refractivity contribution in [2.75, 3.05) is 26.1 Å². The topological polar surface area (TPSA) is 48.3 Å². The van der Waals surface area contributed by atoms with Crippen LogP contribution in [0.4, 0.5) is 5.82 Å². The molecular formula is C21H22ClN3O2. The van der Waals surface area contributed by atoms with Gasteiger partial charge in [-0.2, -0.15) is 5.10 Å². The Bertz CT molecular complexity index is 929. The molecule has 2 heterocycles. The first kappa shape index (κ1) is 17.7. The normalized spacial score (nSPS) is 13.4. The molecule has 3 aromatic rings. The van der Waals surface area contributed by atoms with Crippen LogP contribution in [0.15, 0.2) is 42.5 Å². The number of rotatable bonds is 4. The highest BCUT2D eigenvalue weighted by molar-refractivity contribution is 6.30. The van der Waals surface area contributed by atoms with E-state index in [4.69, 9.17) is 26.2 Å². The highest BCUT2D eigenvalue weighted by Crippen LogP contribution is 2.37. The molecule has 0 saturated heterocycles. The molecule has 5 nitrogen and oxygen atoms in total. The number of halogens is 1. The number of hydrogen-bond donors (Lipinski definition) is 1. The summed E-state index contributed by atoms with van der Waals surface area (Å²) in [5, 5.41) is 9.22. The minimum absolute atomic E-state index is 0.711. The second kappa shape index (κ2) is 7.53. The molecule has 0 atom stereocenters. The van der Waals surface area contributed by atoms with Gasteiger partial charge in [0.2, 0.25) is 0 Å². The number of hydrogen-bond acceptors (Lipinski definition) is 4. The van der Waals surface area contributed by atoms with E-state index in [0.717, 1.165) is 60.1 Å². The van der Waals surface area contributed by atoms with Crippen LogP contribution in [0.1, 0.15) is 18.4 Å². The fourth-order valence-electron chi connectivity index (χ4n) is 3.45. The predicted molar refractivity (Wildman–Crippen MR) is 109 cm³/mol. The van der Waals surface area contributed by atoms with Gasteiger partial charge in [-0.1, -0.05) is 11.6 Å². The number of benzene rings is 2. The summed E-state index contributed by atoms with van der Waals surface area (Å²) in [6, 6.07) is 13.6. The number of ether oxygens (including phenoxy) is 2. The van der Waals surface area contributed by atoms with Gasteiger partial charge in [0.1, 0.15) is 17.3 Å². The Hall–Kier alpha value is -2.66. The smallest absolute Gasteiger partial charge is 0.133 e. The van der Waals surface area contributed by atoms with Crippen molar-refractivity contribution in [3.63, 3.8) is 0 Å². The van der Waals surface area contributed by atoms with Crippen LogP contribution >= 0.6 is 11.6 Å². The molecule has 1 aliphatic rings. The monoisotopic (exact) mass is 383 g/mol. The summed E-state index contributed by atoms with van der Waals surface area (Å²) in [5.41, 5.74) is 4.13. The number of nitrogens with zero attached hydrogens (tertiary/aromatic N) is 2. The highest BCUT2D eigenvalue weighted by atomic mass is 35.5. The molecule has 1 aromatic heterocycles. The molecule has 6 heteroatoms. The maximum absolute atomic E-state index is 6.06. The maximum Gasteiger partial charge on any atom is 0.133 e. The molecular weight excluding hydrogens is 362 g/mol. The molecule has 0 spiro atoms. The summed E-state index contributed by atoms with van der Waals surface area (Å²) in [7, 11) is 3.32. The predicted octanol–water partition coefficient (Wildman–Crippen LogP) is 4.96. The lowest BCUT2D eigenvalue weighted by Crippen LogP contribution is -2.07. The third-order valence-electron chi connectivity index (χ3n) is 4.83. The third-order valence-corrected chi connectivity index (χ3v) is 5.08. The molecule has 27 heavy (non-hydrogen) atoms. The molecule has 0 saturated carbocycles. The largest absolute Gasteiger partial charge is 0.497 e. The Labute approximate surface area is 163 Å². The van der Waals surface area contributed by atoms with Crippen molar-refractivity contribution in [2.45, 2.75) is 19.3 Å². The Morgan fingerprint density at radius 1 is 1.00 bits per heavy atom. The van der Waals surface area contributed by atoms with Gasteiger partial charge in [-0.05, 0) is 55.7 Å². The van der Waals surface area contributed by atoms with Crippen LogP contribution in [0.5, 0.6) is 11.5 Å². The minimum Gasteiger partial charge on any atom is -0.497 e. The molecule has 0 bridgehead atoms. The van der Waals surface area contributed by atoms with Gasteiger partial charge in [0.15, 0.2) is 0 Å². The van der Waals surface area contributed by atoms with Gasteiger partial charge in [-0.15, -0.1) is 0 Å². The molecule has 2 aromatic carbocycles. The maximum atomic E-state index is 6.06. The van der Waals surface area contributed by atoms with E-state index in [1.807, 2.05) is 47.1 Å². The van der Waals surface area contributed by atoms with Crippen LogP contribution in [0.25, 0.3) is 16.9 Å². The van der Waals surface area contributed by atoms with Crippen LogP contribution < -0.4 is 14.8 Å². The average molecular weight is 384 g/mol. The lowest BCUT2D eigenvalue weighted by Gasteiger charge is -2.09. The zero-order valence-corrected chi connectivity index (χ0v) is 16.2. The number of fused-ring (bicyclic) bond motifs is 1. The van der Waals surface area contributed by atoms with Crippen LogP contribution in [-0.4, -0.2) is 30.5 Å². The number of nitrogens with one attached hydrogen (secondary N) is 1. The van der Waals surface area contributed by atoms with Crippen molar-refractivity contribution in [3.05, 3.63) is 53.1 Å².